The predicted molar refractivity (Wildman–Crippen MR) is 94.1 cm³/mol. The standard InChI is InChI=1S/C18H27FN4O/c1-3-21-18(22-11-14-6-7-16(19)13(2)9-14)23-8-4-5-15(12-23)10-17(20)24/h6-7,9,15H,3-5,8,10-12H2,1-2H3,(H2,20,24)(H,21,22). The van der Waals surface area contributed by atoms with E-state index in [0.717, 1.165) is 44.0 Å². The summed E-state index contributed by atoms with van der Waals surface area (Å²) in [4.78, 5) is 18.0. The zero-order valence-corrected chi connectivity index (χ0v) is 14.5. The summed E-state index contributed by atoms with van der Waals surface area (Å²) in [5, 5.41) is 3.31. The zero-order chi connectivity index (χ0) is 17.5. The average molecular weight is 334 g/mol. The van der Waals surface area contributed by atoms with Crippen LogP contribution in [-0.2, 0) is 11.3 Å². The Labute approximate surface area is 143 Å². The average Bonchev–Trinajstić information content (AvgIpc) is 2.54. The molecule has 0 radical (unpaired) electrons. The minimum atomic E-state index is -0.245. The van der Waals surface area contributed by atoms with E-state index in [1.165, 1.54) is 6.07 Å². The minimum absolute atomic E-state index is 0.194. The van der Waals surface area contributed by atoms with Crippen LogP contribution >= 0.6 is 0 Å². The number of hydrogen-bond acceptors (Lipinski definition) is 2. The normalized spacial score (nSPS) is 18.5. The van der Waals surface area contributed by atoms with Crippen LogP contribution in [0.4, 0.5) is 4.39 Å². The fourth-order valence-electron chi connectivity index (χ4n) is 3.11. The van der Waals surface area contributed by atoms with Gasteiger partial charge in [-0.1, -0.05) is 12.1 Å². The Morgan fingerprint density at radius 1 is 1.50 bits per heavy atom. The van der Waals surface area contributed by atoms with Crippen molar-refractivity contribution in [3.05, 3.63) is 35.1 Å². The van der Waals surface area contributed by atoms with E-state index in [0.29, 0.717) is 18.5 Å². The number of nitrogens with two attached hydrogens (primary N) is 1. The van der Waals surface area contributed by atoms with Crippen LogP contribution in [0.5, 0.6) is 0 Å². The Hall–Kier alpha value is -2.11. The number of halogens is 1. The summed E-state index contributed by atoms with van der Waals surface area (Å²) in [6, 6.07) is 5.08. The van der Waals surface area contributed by atoms with Gasteiger partial charge in [0.15, 0.2) is 5.96 Å². The number of carbonyl (C=O) groups is 1. The molecule has 0 bridgehead atoms. The highest BCUT2D eigenvalue weighted by Crippen LogP contribution is 2.19. The second kappa shape index (κ2) is 8.66. The Morgan fingerprint density at radius 2 is 2.29 bits per heavy atom. The highest BCUT2D eigenvalue weighted by molar-refractivity contribution is 5.80. The lowest BCUT2D eigenvalue weighted by Gasteiger charge is -2.34. The van der Waals surface area contributed by atoms with Crippen molar-refractivity contribution in [1.82, 2.24) is 10.2 Å². The van der Waals surface area contributed by atoms with Crippen LogP contribution in [0.1, 0.15) is 37.3 Å². The van der Waals surface area contributed by atoms with Crippen molar-refractivity contribution < 1.29 is 9.18 Å². The van der Waals surface area contributed by atoms with Crippen molar-refractivity contribution in [2.45, 2.75) is 39.7 Å². The number of rotatable bonds is 5. The molecule has 0 saturated carbocycles. The van der Waals surface area contributed by atoms with Crippen LogP contribution in [-0.4, -0.2) is 36.4 Å². The third-order valence-electron chi connectivity index (χ3n) is 4.28. The molecule has 1 unspecified atom stereocenters. The number of nitrogens with one attached hydrogen (secondary N) is 1. The smallest absolute Gasteiger partial charge is 0.217 e. The van der Waals surface area contributed by atoms with E-state index < -0.39 is 0 Å². The number of piperidine rings is 1. The first-order valence-corrected chi connectivity index (χ1v) is 8.56. The van der Waals surface area contributed by atoms with E-state index in [1.54, 1.807) is 13.0 Å². The lowest BCUT2D eigenvalue weighted by molar-refractivity contribution is -0.119. The molecule has 3 N–H and O–H groups in total. The Balaban J connectivity index is 2.06. The van der Waals surface area contributed by atoms with E-state index in [2.05, 4.69) is 15.2 Å². The van der Waals surface area contributed by atoms with E-state index >= 15 is 0 Å². The number of hydrogen-bond donors (Lipinski definition) is 2. The Bertz CT molecular complexity index is 603. The number of amides is 1. The van der Waals surface area contributed by atoms with Crippen LogP contribution in [0.2, 0.25) is 0 Å². The number of nitrogens with zero attached hydrogens (tertiary/aromatic N) is 2. The monoisotopic (exact) mass is 334 g/mol. The van der Waals surface area contributed by atoms with Gasteiger partial charge in [0.05, 0.1) is 6.54 Å². The fraction of sp³-hybridized carbons (Fsp3) is 0.556. The van der Waals surface area contributed by atoms with Crippen molar-refractivity contribution in [2.75, 3.05) is 19.6 Å². The molecule has 1 aromatic carbocycles. The topological polar surface area (TPSA) is 70.7 Å². The minimum Gasteiger partial charge on any atom is -0.370 e. The molecular weight excluding hydrogens is 307 g/mol. The molecule has 0 spiro atoms. The first-order valence-electron chi connectivity index (χ1n) is 8.56. The summed E-state index contributed by atoms with van der Waals surface area (Å²) in [5.41, 5.74) is 6.94. The second-order valence-corrected chi connectivity index (χ2v) is 6.38. The summed E-state index contributed by atoms with van der Waals surface area (Å²) in [7, 11) is 0. The molecule has 24 heavy (non-hydrogen) atoms. The molecule has 1 amide bonds. The summed E-state index contributed by atoms with van der Waals surface area (Å²) >= 11 is 0. The third kappa shape index (κ3) is 5.22. The van der Waals surface area contributed by atoms with Crippen LogP contribution < -0.4 is 11.1 Å². The molecule has 1 fully saturated rings. The Morgan fingerprint density at radius 3 is 2.96 bits per heavy atom. The molecule has 5 nitrogen and oxygen atoms in total. The van der Waals surface area contributed by atoms with Gasteiger partial charge in [-0.15, -0.1) is 0 Å². The number of likely N-dealkylation sites (tertiary alicyclic amines) is 1. The van der Waals surface area contributed by atoms with Gasteiger partial charge >= 0.3 is 0 Å². The maximum Gasteiger partial charge on any atom is 0.217 e. The molecule has 2 rings (SSSR count). The molecule has 1 aromatic rings. The highest BCUT2D eigenvalue weighted by atomic mass is 19.1. The quantitative estimate of drug-likeness (QED) is 0.640. The molecule has 6 heteroatoms. The molecule has 1 aliphatic rings. The summed E-state index contributed by atoms with van der Waals surface area (Å²) in [5.74, 6) is 0.687. The van der Waals surface area contributed by atoms with Crippen molar-refractivity contribution in [3.8, 4) is 0 Å². The van der Waals surface area contributed by atoms with Gasteiger partial charge in [-0.25, -0.2) is 9.38 Å². The van der Waals surface area contributed by atoms with Gasteiger partial charge < -0.3 is 16.0 Å². The third-order valence-corrected chi connectivity index (χ3v) is 4.28. The number of aryl methyl sites for hydroxylation is 1. The highest BCUT2D eigenvalue weighted by Gasteiger charge is 2.23. The molecule has 1 heterocycles. The number of benzene rings is 1. The van der Waals surface area contributed by atoms with Crippen LogP contribution in [0.15, 0.2) is 23.2 Å². The van der Waals surface area contributed by atoms with Gasteiger partial charge in [0, 0.05) is 26.1 Å². The van der Waals surface area contributed by atoms with Gasteiger partial charge in [0.2, 0.25) is 5.91 Å². The summed E-state index contributed by atoms with van der Waals surface area (Å²) in [6.07, 6.45) is 2.47. The van der Waals surface area contributed by atoms with Gasteiger partial charge in [0.25, 0.3) is 0 Å². The second-order valence-electron chi connectivity index (χ2n) is 6.38. The first kappa shape index (κ1) is 18.2. The van der Waals surface area contributed by atoms with Crippen molar-refractivity contribution in [3.63, 3.8) is 0 Å². The predicted octanol–water partition coefficient (Wildman–Crippen LogP) is 2.19. The maximum atomic E-state index is 13.4. The van der Waals surface area contributed by atoms with Crippen LogP contribution in [0.3, 0.4) is 0 Å². The summed E-state index contributed by atoms with van der Waals surface area (Å²) in [6.45, 7) is 6.77. The van der Waals surface area contributed by atoms with Crippen LogP contribution in [0, 0.1) is 18.7 Å². The van der Waals surface area contributed by atoms with Gasteiger partial charge in [0.1, 0.15) is 5.82 Å². The lowest BCUT2D eigenvalue weighted by atomic mass is 9.95. The Kier molecular flexibility index (Phi) is 6.58. The van der Waals surface area contributed by atoms with E-state index in [-0.39, 0.29) is 17.6 Å². The molecular formula is C18H27FN4O. The molecule has 1 aliphatic heterocycles. The number of primary amides is 1. The maximum absolute atomic E-state index is 13.4. The van der Waals surface area contributed by atoms with E-state index in [4.69, 9.17) is 5.73 Å². The molecule has 1 atom stereocenters. The summed E-state index contributed by atoms with van der Waals surface area (Å²) < 4.78 is 13.4. The van der Waals surface area contributed by atoms with Gasteiger partial charge in [-0.2, -0.15) is 0 Å². The van der Waals surface area contributed by atoms with Crippen molar-refractivity contribution in [2.24, 2.45) is 16.6 Å². The fourth-order valence-corrected chi connectivity index (χ4v) is 3.11. The van der Waals surface area contributed by atoms with Crippen molar-refractivity contribution >= 4 is 11.9 Å². The largest absolute Gasteiger partial charge is 0.370 e. The van der Waals surface area contributed by atoms with E-state index in [9.17, 15) is 9.18 Å². The lowest BCUT2D eigenvalue weighted by Crippen LogP contribution is -2.47. The molecule has 0 aliphatic carbocycles. The zero-order valence-electron chi connectivity index (χ0n) is 14.5. The number of carbonyl (C=O) groups excluding carboxylic acids is 1. The number of guanidine groups is 1. The van der Waals surface area contributed by atoms with E-state index in [1.807, 2.05) is 13.0 Å². The van der Waals surface area contributed by atoms with Crippen LogP contribution in [0.25, 0.3) is 0 Å². The molecule has 132 valence electrons. The number of aliphatic imine (C=N–C) groups is 1. The van der Waals surface area contributed by atoms with Gasteiger partial charge in [-0.05, 0) is 49.8 Å². The van der Waals surface area contributed by atoms with Crippen molar-refractivity contribution in [1.29, 1.82) is 0 Å². The molecule has 0 aromatic heterocycles. The van der Waals surface area contributed by atoms with Gasteiger partial charge in [-0.3, -0.25) is 4.79 Å². The molecule has 1 saturated heterocycles. The SMILES string of the molecule is CCNC(=NCc1ccc(F)c(C)c1)N1CCCC(CC(N)=O)C1. The first-order chi connectivity index (χ1) is 11.5.